The van der Waals surface area contributed by atoms with Gasteiger partial charge >= 0.3 is 6.03 Å². The number of hydrogen-bond donors (Lipinski definition) is 1. The smallest absolute Gasteiger partial charge is 0.322 e. The summed E-state index contributed by atoms with van der Waals surface area (Å²) in [4.78, 5) is 19.8. The Morgan fingerprint density at radius 2 is 1.70 bits per heavy atom. The fourth-order valence-electron chi connectivity index (χ4n) is 4.61. The topological polar surface area (TPSA) is 80.5 Å². The number of hydrogen-bond acceptors (Lipinski definition) is 5. The molecule has 5 rings (SSSR count). The predicted molar refractivity (Wildman–Crippen MR) is 143 cm³/mol. The molecule has 1 aromatic heterocycles. The predicted octanol–water partition coefficient (Wildman–Crippen LogP) is 6.18. The highest BCUT2D eigenvalue weighted by molar-refractivity contribution is 5.86. The Morgan fingerprint density at radius 3 is 2.41 bits per heavy atom. The largest absolute Gasteiger partial charge is 0.497 e. The third-order valence-electron chi connectivity index (χ3n) is 6.70. The van der Waals surface area contributed by atoms with Crippen LogP contribution in [0.1, 0.15) is 42.0 Å². The van der Waals surface area contributed by atoms with Crippen LogP contribution in [0.4, 0.5) is 4.79 Å². The van der Waals surface area contributed by atoms with Crippen molar-refractivity contribution < 1.29 is 14.1 Å². The molecule has 1 N–H and O–H groups in total. The summed E-state index contributed by atoms with van der Waals surface area (Å²) in [6, 6.07) is 25.4. The highest BCUT2D eigenvalue weighted by Gasteiger charge is 2.35. The van der Waals surface area contributed by atoms with Crippen LogP contribution in [0.25, 0.3) is 17.0 Å². The maximum absolute atomic E-state index is 13.3. The zero-order chi connectivity index (χ0) is 25.8. The van der Waals surface area contributed by atoms with Gasteiger partial charge < -0.3 is 14.6 Å². The van der Waals surface area contributed by atoms with Crippen molar-refractivity contribution in [2.45, 2.75) is 32.7 Å². The Morgan fingerprint density at radius 1 is 0.973 bits per heavy atom. The molecule has 0 saturated carbocycles. The summed E-state index contributed by atoms with van der Waals surface area (Å²) in [5.74, 6) is 1.63. The van der Waals surface area contributed by atoms with E-state index in [0.29, 0.717) is 18.3 Å². The number of methoxy groups -OCH3 is 1. The van der Waals surface area contributed by atoms with Crippen molar-refractivity contribution in [3.8, 4) is 17.1 Å². The van der Waals surface area contributed by atoms with Crippen LogP contribution in [-0.2, 0) is 6.42 Å². The number of urea groups is 1. The number of allylic oxidation sites excluding steroid dienone is 1. The van der Waals surface area contributed by atoms with E-state index in [9.17, 15) is 4.79 Å². The summed E-state index contributed by atoms with van der Waals surface area (Å²) in [5.41, 5.74) is 5.79. The number of aromatic nitrogens is 2. The first-order valence-electron chi connectivity index (χ1n) is 12.4. The summed E-state index contributed by atoms with van der Waals surface area (Å²) in [6.07, 6.45) is 1.72. The standard InChI is InChI=1S/C30H30N4O3/c1-20-11-13-23(14-12-20)27-26(29-32-28(33-37-29)24-15-17-25(36-3)18-16-24)21(2)34(30(35)31-27)19-7-10-22-8-5-4-6-9-22/h4-6,8-9,11-18,27H,7,10,19H2,1-3H3,(H,31,35). The molecule has 1 atom stereocenters. The van der Waals surface area contributed by atoms with Crippen molar-refractivity contribution in [1.29, 1.82) is 0 Å². The monoisotopic (exact) mass is 494 g/mol. The Bertz CT molecular complexity index is 1390. The van der Waals surface area contributed by atoms with Crippen molar-refractivity contribution in [3.05, 3.63) is 107 Å². The first-order chi connectivity index (χ1) is 18.0. The number of aryl methyl sites for hydroxylation is 2. The molecule has 2 amide bonds. The van der Waals surface area contributed by atoms with Crippen LogP contribution in [0.3, 0.4) is 0 Å². The van der Waals surface area contributed by atoms with Crippen molar-refractivity contribution in [3.63, 3.8) is 0 Å². The number of carbonyl (C=O) groups is 1. The van der Waals surface area contributed by atoms with E-state index in [1.165, 1.54) is 5.56 Å². The third kappa shape index (κ3) is 5.26. The minimum atomic E-state index is -0.400. The van der Waals surface area contributed by atoms with E-state index in [4.69, 9.17) is 14.2 Å². The van der Waals surface area contributed by atoms with Gasteiger partial charge in [-0.3, -0.25) is 4.90 Å². The second-order valence-corrected chi connectivity index (χ2v) is 9.18. The second kappa shape index (κ2) is 10.7. The van der Waals surface area contributed by atoms with E-state index in [1.54, 1.807) is 12.0 Å². The van der Waals surface area contributed by atoms with Crippen LogP contribution < -0.4 is 10.1 Å². The molecule has 2 heterocycles. The molecule has 0 spiro atoms. The molecule has 0 fully saturated rings. The lowest BCUT2D eigenvalue weighted by atomic mass is 9.94. The molecular weight excluding hydrogens is 464 g/mol. The SMILES string of the molecule is COc1ccc(-c2noc(C3=C(C)N(CCCc4ccccc4)C(=O)NC3c3ccc(C)cc3)n2)cc1. The molecule has 0 bridgehead atoms. The average Bonchev–Trinajstić information content (AvgIpc) is 3.41. The molecule has 7 nitrogen and oxygen atoms in total. The van der Waals surface area contributed by atoms with Gasteiger partial charge in [0.25, 0.3) is 5.89 Å². The lowest BCUT2D eigenvalue weighted by molar-refractivity contribution is 0.204. The number of amides is 2. The van der Waals surface area contributed by atoms with E-state index in [1.807, 2.05) is 80.6 Å². The molecule has 0 saturated heterocycles. The normalized spacial score (nSPS) is 15.6. The zero-order valence-electron chi connectivity index (χ0n) is 21.3. The Balaban J connectivity index is 1.48. The highest BCUT2D eigenvalue weighted by atomic mass is 16.5. The molecule has 1 unspecified atom stereocenters. The van der Waals surface area contributed by atoms with Crippen LogP contribution >= 0.6 is 0 Å². The van der Waals surface area contributed by atoms with Crippen molar-refractivity contribution in [2.75, 3.05) is 13.7 Å². The summed E-state index contributed by atoms with van der Waals surface area (Å²) < 4.78 is 11.0. The lowest BCUT2D eigenvalue weighted by Crippen LogP contribution is -2.46. The van der Waals surface area contributed by atoms with Crippen LogP contribution in [0, 0.1) is 6.92 Å². The zero-order valence-corrected chi connectivity index (χ0v) is 21.3. The van der Waals surface area contributed by atoms with E-state index < -0.39 is 6.04 Å². The third-order valence-corrected chi connectivity index (χ3v) is 6.70. The number of nitrogens with zero attached hydrogens (tertiary/aromatic N) is 3. The van der Waals surface area contributed by atoms with E-state index in [0.717, 1.165) is 46.6 Å². The number of rotatable bonds is 8. The van der Waals surface area contributed by atoms with Gasteiger partial charge in [0, 0.05) is 17.8 Å². The maximum Gasteiger partial charge on any atom is 0.322 e. The number of ether oxygens (including phenoxy) is 1. The number of nitrogens with one attached hydrogen (secondary N) is 1. The van der Waals surface area contributed by atoms with Crippen LogP contribution in [-0.4, -0.2) is 34.7 Å². The molecular formula is C30H30N4O3. The van der Waals surface area contributed by atoms with E-state index in [2.05, 4.69) is 22.6 Å². The van der Waals surface area contributed by atoms with Gasteiger partial charge in [0.2, 0.25) is 5.82 Å². The average molecular weight is 495 g/mol. The van der Waals surface area contributed by atoms with Gasteiger partial charge in [-0.15, -0.1) is 0 Å². The Labute approximate surface area is 216 Å². The first-order valence-corrected chi connectivity index (χ1v) is 12.4. The van der Waals surface area contributed by atoms with Crippen LogP contribution in [0.15, 0.2) is 89.1 Å². The Kier molecular flexibility index (Phi) is 7.03. The van der Waals surface area contributed by atoms with Gasteiger partial charge in [-0.2, -0.15) is 4.98 Å². The molecule has 188 valence electrons. The summed E-state index contributed by atoms with van der Waals surface area (Å²) in [5, 5.41) is 7.43. The van der Waals surface area contributed by atoms with Gasteiger partial charge in [-0.25, -0.2) is 4.79 Å². The number of carbonyl (C=O) groups excluding carboxylic acids is 1. The van der Waals surface area contributed by atoms with Crippen LogP contribution in [0.5, 0.6) is 5.75 Å². The van der Waals surface area contributed by atoms with Crippen molar-refractivity contribution in [1.82, 2.24) is 20.4 Å². The fourth-order valence-corrected chi connectivity index (χ4v) is 4.61. The van der Waals surface area contributed by atoms with Crippen molar-refractivity contribution in [2.24, 2.45) is 0 Å². The molecule has 0 aliphatic carbocycles. The van der Waals surface area contributed by atoms with E-state index >= 15 is 0 Å². The minimum Gasteiger partial charge on any atom is -0.497 e. The fraction of sp³-hybridized carbons (Fsp3) is 0.233. The Hall–Kier alpha value is -4.39. The van der Waals surface area contributed by atoms with Gasteiger partial charge in [0.05, 0.1) is 18.7 Å². The highest BCUT2D eigenvalue weighted by Crippen LogP contribution is 2.37. The molecule has 1 aliphatic heterocycles. The quantitative estimate of drug-likeness (QED) is 0.316. The number of benzene rings is 3. The van der Waals surface area contributed by atoms with Gasteiger partial charge in [-0.05, 0) is 62.1 Å². The van der Waals surface area contributed by atoms with E-state index in [-0.39, 0.29) is 6.03 Å². The van der Waals surface area contributed by atoms with Gasteiger partial charge in [0.15, 0.2) is 0 Å². The molecule has 7 heteroatoms. The maximum atomic E-state index is 13.3. The van der Waals surface area contributed by atoms with Crippen molar-refractivity contribution >= 4 is 11.6 Å². The lowest BCUT2D eigenvalue weighted by Gasteiger charge is -2.35. The molecule has 4 aromatic rings. The molecule has 37 heavy (non-hydrogen) atoms. The first kappa shape index (κ1) is 24.3. The second-order valence-electron chi connectivity index (χ2n) is 9.18. The summed E-state index contributed by atoms with van der Waals surface area (Å²) in [7, 11) is 1.63. The van der Waals surface area contributed by atoms with Gasteiger partial charge in [0.1, 0.15) is 5.75 Å². The van der Waals surface area contributed by atoms with Crippen LogP contribution in [0.2, 0.25) is 0 Å². The summed E-state index contributed by atoms with van der Waals surface area (Å²) >= 11 is 0. The minimum absolute atomic E-state index is 0.130. The molecule has 0 radical (unpaired) electrons. The van der Waals surface area contributed by atoms with Gasteiger partial charge in [-0.1, -0.05) is 65.3 Å². The molecule has 3 aromatic carbocycles. The molecule has 1 aliphatic rings. The summed E-state index contributed by atoms with van der Waals surface area (Å²) in [6.45, 7) is 4.57.